The monoisotopic (exact) mass is 283 g/mol. The molecule has 0 amide bonds. The number of para-hydroxylation sites is 1. The molecule has 2 nitrogen and oxygen atoms in total. The van der Waals surface area contributed by atoms with E-state index in [1.165, 1.54) is 4.90 Å². The maximum absolute atomic E-state index is 11.1. The Kier molecular flexibility index (Phi) is 5.02. The van der Waals surface area contributed by atoms with Crippen molar-refractivity contribution >= 4 is 23.2 Å². The van der Waals surface area contributed by atoms with Crippen LogP contribution in [0.2, 0.25) is 0 Å². The summed E-state index contributed by atoms with van der Waals surface area (Å²) in [7, 11) is 0. The quantitative estimate of drug-likeness (QED) is 0.803. The molecule has 0 fully saturated rings. The number of benzene rings is 2. The highest BCUT2D eigenvalue weighted by Gasteiger charge is 2.04. The molecule has 0 saturated carbocycles. The molecule has 0 aliphatic rings. The lowest BCUT2D eigenvalue weighted by Gasteiger charge is -2.11. The first-order valence-corrected chi connectivity index (χ1v) is 7.24. The van der Waals surface area contributed by atoms with Gasteiger partial charge in [0.15, 0.2) is 5.78 Å². The Bertz CT molecular complexity index is 620. The number of ketones is 1. The molecule has 0 aliphatic heterocycles. The lowest BCUT2D eigenvalue weighted by molar-refractivity contribution is -0.112. The van der Waals surface area contributed by atoms with Crippen molar-refractivity contribution in [1.82, 2.24) is 0 Å². The molecule has 2 aromatic carbocycles. The summed E-state index contributed by atoms with van der Waals surface area (Å²) in [6, 6.07) is 18.3. The molecule has 0 radical (unpaired) electrons. The normalized spacial score (nSPS) is 11.2. The minimum atomic E-state index is 0.0446. The van der Waals surface area contributed by atoms with Gasteiger partial charge >= 0.3 is 0 Å². The van der Waals surface area contributed by atoms with Gasteiger partial charge in [0.2, 0.25) is 0 Å². The largest absolute Gasteiger partial charge is 0.358 e. The Morgan fingerprint density at radius 3 is 2.35 bits per heavy atom. The van der Waals surface area contributed by atoms with Crippen LogP contribution < -0.4 is 5.32 Å². The molecule has 0 unspecified atom stereocenters. The maximum atomic E-state index is 11.1. The number of hydrogen-bond acceptors (Lipinski definition) is 3. The predicted octanol–water partition coefficient (Wildman–Crippen LogP) is 4.74. The SMILES string of the molecule is CC(=O)C=C(C)Nc1ccccc1Sc1ccccc1. The van der Waals surface area contributed by atoms with Crippen LogP contribution in [0.3, 0.4) is 0 Å². The average Bonchev–Trinajstić information content (AvgIpc) is 2.41. The fourth-order valence-electron chi connectivity index (χ4n) is 1.83. The minimum absolute atomic E-state index is 0.0446. The Hall–Kier alpha value is -2.00. The van der Waals surface area contributed by atoms with Crippen LogP contribution in [0.5, 0.6) is 0 Å². The second-order valence-corrected chi connectivity index (χ2v) is 5.59. The summed E-state index contributed by atoms with van der Waals surface area (Å²) in [4.78, 5) is 13.4. The van der Waals surface area contributed by atoms with Gasteiger partial charge in [0.1, 0.15) is 0 Å². The first kappa shape index (κ1) is 14.4. The zero-order valence-corrected chi connectivity index (χ0v) is 12.4. The highest BCUT2D eigenvalue weighted by Crippen LogP contribution is 2.33. The molecule has 20 heavy (non-hydrogen) atoms. The van der Waals surface area contributed by atoms with Crippen LogP contribution in [0.15, 0.2) is 76.2 Å². The van der Waals surface area contributed by atoms with E-state index in [9.17, 15) is 4.79 Å². The lowest BCUT2D eigenvalue weighted by Crippen LogP contribution is -1.99. The van der Waals surface area contributed by atoms with E-state index in [1.54, 1.807) is 24.8 Å². The smallest absolute Gasteiger partial charge is 0.154 e. The Labute approximate surface area is 123 Å². The van der Waals surface area contributed by atoms with Crippen LogP contribution >= 0.6 is 11.8 Å². The van der Waals surface area contributed by atoms with Gasteiger partial charge in [0.05, 0.1) is 5.69 Å². The predicted molar refractivity (Wildman–Crippen MR) is 85.1 cm³/mol. The van der Waals surface area contributed by atoms with E-state index >= 15 is 0 Å². The van der Waals surface area contributed by atoms with E-state index in [0.29, 0.717) is 0 Å². The molecule has 0 aromatic heterocycles. The van der Waals surface area contributed by atoms with Gasteiger partial charge in [0, 0.05) is 15.5 Å². The van der Waals surface area contributed by atoms with E-state index in [4.69, 9.17) is 0 Å². The Morgan fingerprint density at radius 1 is 1.00 bits per heavy atom. The van der Waals surface area contributed by atoms with Gasteiger partial charge in [-0.25, -0.2) is 0 Å². The molecule has 3 heteroatoms. The molecule has 2 aromatic rings. The molecule has 0 saturated heterocycles. The second kappa shape index (κ2) is 6.96. The van der Waals surface area contributed by atoms with Crippen LogP contribution in [0, 0.1) is 0 Å². The third kappa shape index (κ3) is 4.28. The third-order valence-electron chi connectivity index (χ3n) is 2.61. The van der Waals surface area contributed by atoms with Crippen LogP contribution in [0.25, 0.3) is 0 Å². The average molecular weight is 283 g/mol. The molecular weight excluding hydrogens is 266 g/mol. The van der Waals surface area contributed by atoms with E-state index in [-0.39, 0.29) is 5.78 Å². The summed E-state index contributed by atoms with van der Waals surface area (Å²) in [5.74, 6) is 0.0446. The van der Waals surface area contributed by atoms with E-state index < -0.39 is 0 Å². The van der Waals surface area contributed by atoms with E-state index in [1.807, 2.05) is 43.3 Å². The number of nitrogens with one attached hydrogen (secondary N) is 1. The van der Waals surface area contributed by atoms with Crippen molar-refractivity contribution in [1.29, 1.82) is 0 Å². The molecule has 1 N–H and O–H groups in total. The van der Waals surface area contributed by atoms with Crippen molar-refractivity contribution in [2.75, 3.05) is 5.32 Å². The summed E-state index contributed by atoms with van der Waals surface area (Å²) in [5, 5.41) is 3.28. The Morgan fingerprint density at radius 2 is 1.65 bits per heavy atom. The number of hydrogen-bond donors (Lipinski definition) is 1. The van der Waals surface area contributed by atoms with Gasteiger partial charge in [-0.15, -0.1) is 0 Å². The summed E-state index contributed by atoms with van der Waals surface area (Å²) in [6.45, 7) is 3.45. The minimum Gasteiger partial charge on any atom is -0.358 e. The molecule has 0 bridgehead atoms. The molecule has 102 valence electrons. The number of rotatable bonds is 5. The highest BCUT2D eigenvalue weighted by atomic mass is 32.2. The fourth-order valence-corrected chi connectivity index (χ4v) is 2.75. The summed E-state index contributed by atoms with van der Waals surface area (Å²) >= 11 is 1.70. The highest BCUT2D eigenvalue weighted by molar-refractivity contribution is 7.99. The summed E-state index contributed by atoms with van der Waals surface area (Å²) < 4.78 is 0. The number of allylic oxidation sites excluding steroid dienone is 2. The van der Waals surface area contributed by atoms with Gasteiger partial charge in [-0.2, -0.15) is 0 Å². The van der Waals surface area contributed by atoms with Crippen molar-refractivity contribution < 1.29 is 4.79 Å². The number of anilines is 1. The molecule has 0 atom stereocenters. The Balaban J connectivity index is 2.20. The van der Waals surface area contributed by atoms with Crippen LogP contribution in [0.4, 0.5) is 5.69 Å². The van der Waals surface area contributed by atoms with Crippen molar-refractivity contribution in [2.45, 2.75) is 23.6 Å². The molecular formula is C17H17NOS. The van der Waals surface area contributed by atoms with Gasteiger partial charge < -0.3 is 5.32 Å². The number of carbonyl (C=O) groups is 1. The number of carbonyl (C=O) groups excluding carboxylic acids is 1. The van der Waals surface area contributed by atoms with Gasteiger partial charge in [0.25, 0.3) is 0 Å². The zero-order valence-electron chi connectivity index (χ0n) is 11.6. The molecule has 0 heterocycles. The summed E-state index contributed by atoms with van der Waals surface area (Å²) in [5.41, 5.74) is 1.86. The topological polar surface area (TPSA) is 29.1 Å². The van der Waals surface area contributed by atoms with Crippen molar-refractivity contribution in [3.05, 3.63) is 66.4 Å². The van der Waals surface area contributed by atoms with E-state index in [2.05, 4.69) is 23.5 Å². The summed E-state index contributed by atoms with van der Waals surface area (Å²) in [6.07, 6.45) is 1.60. The van der Waals surface area contributed by atoms with Gasteiger partial charge in [-0.1, -0.05) is 42.1 Å². The zero-order chi connectivity index (χ0) is 14.4. The second-order valence-electron chi connectivity index (χ2n) is 4.47. The first-order valence-electron chi connectivity index (χ1n) is 6.43. The first-order chi connectivity index (χ1) is 9.65. The third-order valence-corrected chi connectivity index (χ3v) is 3.69. The van der Waals surface area contributed by atoms with Crippen LogP contribution in [0.1, 0.15) is 13.8 Å². The van der Waals surface area contributed by atoms with Crippen molar-refractivity contribution in [3.8, 4) is 0 Å². The van der Waals surface area contributed by atoms with Crippen molar-refractivity contribution in [3.63, 3.8) is 0 Å². The maximum Gasteiger partial charge on any atom is 0.154 e. The van der Waals surface area contributed by atoms with E-state index in [0.717, 1.165) is 16.3 Å². The van der Waals surface area contributed by atoms with Gasteiger partial charge in [-0.05, 0) is 44.2 Å². The van der Waals surface area contributed by atoms with Crippen LogP contribution in [-0.2, 0) is 4.79 Å². The van der Waals surface area contributed by atoms with Crippen LogP contribution in [-0.4, -0.2) is 5.78 Å². The standard InChI is InChI=1S/C17H17NOS/c1-13(12-14(2)19)18-16-10-6-7-11-17(16)20-15-8-4-3-5-9-15/h3-12,18H,1-2H3. The molecule has 0 aliphatic carbocycles. The molecule has 0 spiro atoms. The fraction of sp³-hybridized carbons (Fsp3) is 0.118. The van der Waals surface area contributed by atoms with Gasteiger partial charge in [-0.3, -0.25) is 4.79 Å². The molecule has 2 rings (SSSR count). The van der Waals surface area contributed by atoms with Crippen molar-refractivity contribution in [2.24, 2.45) is 0 Å². The lowest BCUT2D eigenvalue weighted by atomic mass is 10.3.